The van der Waals surface area contributed by atoms with Gasteiger partial charge in [-0.25, -0.2) is 14.7 Å². The number of hydrogen-bond acceptors (Lipinski definition) is 7. The van der Waals surface area contributed by atoms with E-state index in [1.807, 2.05) is 6.07 Å². The molecule has 2 aliphatic heterocycles. The molecular formula is C20H24N6O5S. The van der Waals surface area contributed by atoms with Crippen LogP contribution in [-0.4, -0.2) is 56.1 Å². The second-order valence-corrected chi connectivity index (χ2v) is 8.52. The summed E-state index contributed by atoms with van der Waals surface area (Å²) in [7, 11) is 0. The van der Waals surface area contributed by atoms with E-state index in [2.05, 4.69) is 20.9 Å². The number of benzene rings is 1. The number of nitrogens with one attached hydrogen (secondary N) is 3. The molecule has 4 amide bonds. The second-order valence-electron chi connectivity index (χ2n) is 7.58. The van der Waals surface area contributed by atoms with Crippen molar-refractivity contribution in [2.24, 2.45) is 0 Å². The maximum Gasteiger partial charge on any atom is 0.344 e. The molecule has 2 aromatic rings. The van der Waals surface area contributed by atoms with Gasteiger partial charge in [0.05, 0.1) is 18.4 Å². The van der Waals surface area contributed by atoms with Crippen LogP contribution in [0.4, 0.5) is 4.79 Å². The number of urea groups is 1. The number of aromatic amines is 1. The Hall–Kier alpha value is -3.12. The lowest BCUT2D eigenvalue weighted by Gasteiger charge is -2.25. The molecule has 3 heterocycles. The summed E-state index contributed by atoms with van der Waals surface area (Å²) < 4.78 is 6.99. The highest BCUT2D eigenvalue weighted by Gasteiger charge is 2.52. The third-order valence-electron chi connectivity index (χ3n) is 5.59. The summed E-state index contributed by atoms with van der Waals surface area (Å²) in [6.07, 6.45) is 2.06. The van der Waals surface area contributed by atoms with Crippen LogP contribution < -0.4 is 16.4 Å². The van der Waals surface area contributed by atoms with Gasteiger partial charge in [-0.1, -0.05) is 49.0 Å². The Kier molecular flexibility index (Phi) is 6.33. The summed E-state index contributed by atoms with van der Waals surface area (Å²) in [4.78, 5) is 50.1. The van der Waals surface area contributed by atoms with E-state index in [0.717, 1.165) is 24.6 Å². The summed E-state index contributed by atoms with van der Waals surface area (Å²) in [5, 5.41) is 10.1. The number of imide groups is 1. The minimum atomic E-state index is -1.23. The highest BCUT2D eigenvalue weighted by molar-refractivity contribution is 7.99. The first kappa shape index (κ1) is 22.1. The molecule has 0 spiro atoms. The first-order valence-corrected chi connectivity index (χ1v) is 11.3. The highest BCUT2D eigenvalue weighted by Crippen LogP contribution is 2.31. The topological polar surface area (TPSA) is 138 Å². The average molecular weight is 461 g/mol. The van der Waals surface area contributed by atoms with E-state index >= 15 is 0 Å². The molecular weight excluding hydrogens is 436 g/mol. The Morgan fingerprint density at radius 1 is 1.31 bits per heavy atom. The molecule has 0 radical (unpaired) electrons. The molecule has 3 N–H and O–H groups in total. The zero-order valence-corrected chi connectivity index (χ0v) is 18.3. The Morgan fingerprint density at radius 3 is 2.78 bits per heavy atom. The molecule has 2 saturated heterocycles. The molecule has 0 aliphatic carbocycles. The third-order valence-corrected chi connectivity index (χ3v) is 6.57. The van der Waals surface area contributed by atoms with E-state index in [0.29, 0.717) is 35.3 Å². The Morgan fingerprint density at radius 2 is 2.09 bits per heavy atom. The molecule has 4 rings (SSSR count). The van der Waals surface area contributed by atoms with Crippen LogP contribution in [0.1, 0.15) is 31.7 Å². The summed E-state index contributed by atoms with van der Waals surface area (Å²) >= 11 is 1.03. The number of ether oxygens (including phenoxy) is 1. The monoisotopic (exact) mass is 460 g/mol. The minimum absolute atomic E-state index is 0.0652. The van der Waals surface area contributed by atoms with Crippen LogP contribution >= 0.6 is 11.8 Å². The van der Waals surface area contributed by atoms with Gasteiger partial charge in [-0.05, 0) is 24.8 Å². The lowest BCUT2D eigenvalue weighted by atomic mass is 9.87. The number of nitrogens with zero attached hydrogens (tertiary/aromatic N) is 3. The molecule has 11 nitrogen and oxygen atoms in total. The largest absolute Gasteiger partial charge is 0.376 e. The number of carbonyl (C=O) groups excluding carboxylic acids is 3. The van der Waals surface area contributed by atoms with E-state index in [-0.39, 0.29) is 17.5 Å². The van der Waals surface area contributed by atoms with E-state index in [1.165, 1.54) is 4.57 Å². The van der Waals surface area contributed by atoms with Crippen molar-refractivity contribution in [3.8, 4) is 0 Å². The smallest absolute Gasteiger partial charge is 0.344 e. The number of thioether (sulfide) groups is 1. The van der Waals surface area contributed by atoms with Crippen LogP contribution in [0, 0.1) is 0 Å². The van der Waals surface area contributed by atoms with Gasteiger partial charge in [0, 0.05) is 6.61 Å². The molecule has 170 valence electrons. The Balaban J connectivity index is 1.40. The van der Waals surface area contributed by atoms with Gasteiger partial charge in [0.1, 0.15) is 5.54 Å². The Bertz CT molecular complexity index is 1060. The molecule has 2 atom stereocenters. The average Bonchev–Trinajstić information content (AvgIpc) is 3.50. The maximum absolute atomic E-state index is 13.1. The Labute approximate surface area is 187 Å². The third kappa shape index (κ3) is 4.15. The van der Waals surface area contributed by atoms with Crippen molar-refractivity contribution in [2.45, 2.75) is 49.5 Å². The molecule has 32 heavy (non-hydrogen) atoms. The fourth-order valence-corrected chi connectivity index (χ4v) is 4.64. The fraction of sp³-hybridized carbons (Fsp3) is 0.450. The van der Waals surface area contributed by atoms with E-state index in [9.17, 15) is 19.2 Å². The molecule has 1 aromatic carbocycles. The van der Waals surface area contributed by atoms with Gasteiger partial charge in [0.2, 0.25) is 5.91 Å². The minimum Gasteiger partial charge on any atom is -0.376 e. The van der Waals surface area contributed by atoms with Crippen molar-refractivity contribution in [3.05, 3.63) is 46.4 Å². The predicted octanol–water partition coefficient (Wildman–Crippen LogP) is 0.731. The first-order chi connectivity index (χ1) is 15.4. The summed E-state index contributed by atoms with van der Waals surface area (Å²) in [6.45, 7) is 2.80. The normalized spacial score (nSPS) is 22.9. The lowest BCUT2D eigenvalue weighted by Crippen LogP contribution is -2.49. The zero-order valence-electron chi connectivity index (χ0n) is 17.5. The maximum atomic E-state index is 13.1. The molecule has 2 unspecified atom stereocenters. The van der Waals surface area contributed by atoms with Crippen LogP contribution in [-0.2, 0) is 26.4 Å². The summed E-state index contributed by atoms with van der Waals surface area (Å²) in [5.74, 6) is -1.26. The lowest BCUT2D eigenvalue weighted by molar-refractivity contribution is -0.138. The number of rotatable bonds is 8. The fourth-order valence-electron chi connectivity index (χ4n) is 3.89. The number of aromatic nitrogens is 3. The van der Waals surface area contributed by atoms with Crippen molar-refractivity contribution in [1.29, 1.82) is 0 Å². The van der Waals surface area contributed by atoms with Crippen LogP contribution in [0.3, 0.4) is 0 Å². The van der Waals surface area contributed by atoms with Crippen molar-refractivity contribution in [3.63, 3.8) is 0 Å². The highest BCUT2D eigenvalue weighted by atomic mass is 32.2. The van der Waals surface area contributed by atoms with Gasteiger partial charge in [-0.2, -0.15) is 5.01 Å². The molecule has 2 aliphatic rings. The van der Waals surface area contributed by atoms with Crippen molar-refractivity contribution in [1.82, 2.24) is 30.5 Å². The van der Waals surface area contributed by atoms with Crippen molar-refractivity contribution >= 4 is 29.6 Å². The van der Waals surface area contributed by atoms with Crippen LogP contribution in [0.2, 0.25) is 0 Å². The SMILES string of the molecule is CCC1(c2ccccc2)NC(=O)N(NC(=O)CSc2n[nH]c(=O)n2CC2CCCO2)C1=O. The molecule has 1 aromatic heterocycles. The van der Waals surface area contributed by atoms with Crippen molar-refractivity contribution < 1.29 is 19.1 Å². The molecule has 0 saturated carbocycles. The van der Waals surface area contributed by atoms with Gasteiger partial charge in [0.25, 0.3) is 5.91 Å². The number of amides is 4. The molecule has 2 fully saturated rings. The number of H-pyrrole nitrogens is 1. The quantitative estimate of drug-likeness (QED) is 0.390. The van der Waals surface area contributed by atoms with Gasteiger partial charge in [-0.3, -0.25) is 19.6 Å². The van der Waals surface area contributed by atoms with E-state index in [1.54, 1.807) is 31.2 Å². The molecule has 0 bridgehead atoms. The number of carbonyl (C=O) groups is 3. The summed E-state index contributed by atoms with van der Waals surface area (Å²) in [5.41, 5.74) is 1.39. The van der Waals surface area contributed by atoms with Gasteiger partial charge >= 0.3 is 11.7 Å². The number of hydrazine groups is 1. The van der Waals surface area contributed by atoms with Gasteiger partial charge in [-0.15, -0.1) is 5.10 Å². The van der Waals surface area contributed by atoms with Crippen LogP contribution in [0.5, 0.6) is 0 Å². The number of hydrogen-bond donors (Lipinski definition) is 3. The van der Waals surface area contributed by atoms with Crippen LogP contribution in [0.15, 0.2) is 40.3 Å². The van der Waals surface area contributed by atoms with Crippen molar-refractivity contribution in [2.75, 3.05) is 12.4 Å². The molecule has 12 heteroatoms. The zero-order chi connectivity index (χ0) is 22.7. The second kappa shape index (κ2) is 9.17. The predicted molar refractivity (Wildman–Crippen MR) is 114 cm³/mol. The summed E-state index contributed by atoms with van der Waals surface area (Å²) in [6, 6.07) is 8.20. The van der Waals surface area contributed by atoms with Gasteiger partial charge < -0.3 is 10.1 Å². The van der Waals surface area contributed by atoms with Crippen LogP contribution in [0.25, 0.3) is 0 Å². The standard InChI is InChI=1S/C20H24N6O5S/c1-2-20(13-7-4-3-5-8-13)16(28)26(17(29)21-20)24-15(27)12-32-19-23-22-18(30)25(19)11-14-9-6-10-31-14/h3-5,7-8,14H,2,6,9-12H2,1H3,(H,21,29)(H,22,30)(H,24,27). The van der Waals surface area contributed by atoms with E-state index < -0.39 is 23.4 Å². The van der Waals surface area contributed by atoms with Gasteiger partial charge in [0.15, 0.2) is 5.16 Å². The first-order valence-electron chi connectivity index (χ1n) is 10.4. The van der Waals surface area contributed by atoms with E-state index in [4.69, 9.17) is 4.74 Å².